The van der Waals surface area contributed by atoms with E-state index in [1.165, 1.54) is 0 Å². The summed E-state index contributed by atoms with van der Waals surface area (Å²) in [5.74, 6) is 0.550. The summed E-state index contributed by atoms with van der Waals surface area (Å²) in [7, 11) is 0. The molecule has 0 radical (unpaired) electrons. The Kier molecular flexibility index (Phi) is 6.77. The molecule has 23 heavy (non-hydrogen) atoms. The highest BCUT2D eigenvalue weighted by atomic mass is 35.5. The quantitative estimate of drug-likeness (QED) is 0.695. The number of nitrogens with zero attached hydrogens (tertiary/aromatic N) is 1. The summed E-state index contributed by atoms with van der Waals surface area (Å²) >= 11 is 13.7. The highest BCUT2D eigenvalue weighted by molar-refractivity contribution is 7.98. The molecule has 0 aliphatic carbocycles. The molecule has 0 saturated heterocycles. The van der Waals surface area contributed by atoms with Gasteiger partial charge >= 0.3 is 0 Å². The van der Waals surface area contributed by atoms with Gasteiger partial charge in [0.25, 0.3) is 5.91 Å². The van der Waals surface area contributed by atoms with Gasteiger partial charge in [0.15, 0.2) is 0 Å². The maximum Gasteiger partial charge on any atom is 0.269 e. The van der Waals surface area contributed by atoms with Crippen LogP contribution in [0.4, 0.5) is 0 Å². The number of aromatic nitrogens is 2. The second kappa shape index (κ2) is 8.59. The number of amides is 1. The van der Waals surface area contributed by atoms with E-state index in [2.05, 4.69) is 15.5 Å². The number of hydrogen-bond acceptors (Lipinski definition) is 4. The summed E-state index contributed by atoms with van der Waals surface area (Å²) in [5.41, 5.74) is 1.56. The van der Waals surface area contributed by atoms with Crippen molar-refractivity contribution in [2.45, 2.75) is 12.5 Å². The number of thioether (sulfide) groups is 1. The summed E-state index contributed by atoms with van der Waals surface area (Å²) in [4.78, 5) is 12.2. The van der Waals surface area contributed by atoms with Crippen LogP contribution in [0.15, 0.2) is 24.3 Å². The molecular weight excluding hydrogens is 357 g/mol. The molecule has 124 valence electrons. The maximum atomic E-state index is 12.2. The Morgan fingerprint density at radius 3 is 2.87 bits per heavy atom. The van der Waals surface area contributed by atoms with E-state index in [1.807, 2.05) is 6.26 Å². The van der Waals surface area contributed by atoms with E-state index in [0.29, 0.717) is 33.4 Å². The van der Waals surface area contributed by atoms with Crippen LogP contribution in [0.5, 0.6) is 0 Å². The Hall–Kier alpha value is -1.21. The van der Waals surface area contributed by atoms with Gasteiger partial charge in [-0.3, -0.25) is 9.89 Å². The maximum absolute atomic E-state index is 12.2. The molecule has 2 rings (SSSR count). The number of carbonyl (C=O) groups is 1. The largest absolute Gasteiger partial charge is 0.394 e. The number of carbonyl (C=O) groups excluding carboxylic acids is 1. The number of hydrogen-bond donors (Lipinski definition) is 3. The molecule has 0 saturated carbocycles. The fourth-order valence-electron chi connectivity index (χ4n) is 2.01. The van der Waals surface area contributed by atoms with Gasteiger partial charge in [0.05, 0.1) is 23.4 Å². The summed E-state index contributed by atoms with van der Waals surface area (Å²) in [5, 5.41) is 19.9. The number of nitrogens with one attached hydrogen (secondary N) is 2. The summed E-state index contributed by atoms with van der Waals surface area (Å²) in [6, 6.07) is 6.42. The zero-order valence-corrected chi connectivity index (χ0v) is 14.8. The van der Waals surface area contributed by atoms with Crippen molar-refractivity contribution in [3.8, 4) is 11.3 Å². The van der Waals surface area contributed by atoms with Crippen LogP contribution in [0.3, 0.4) is 0 Å². The smallest absolute Gasteiger partial charge is 0.269 e. The van der Waals surface area contributed by atoms with Crippen molar-refractivity contribution in [2.24, 2.45) is 0 Å². The molecule has 2 aromatic rings. The van der Waals surface area contributed by atoms with Gasteiger partial charge in [0, 0.05) is 10.6 Å². The molecule has 1 heterocycles. The number of H-pyrrole nitrogens is 1. The van der Waals surface area contributed by atoms with Crippen LogP contribution in [-0.4, -0.2) is 45.9 Å². The van der Waals surface area contributed by atoms with Gasteiger partial charge in [-0.15, -0.1) is 0 Å². The zero-order chi connectivity index (χ0) is 16.8. The third kappa shape index (κ3) is 4.88. The van der Waals surface area contributed by atoms with Crippen molar-refractivity contribution in [2.75, 3.05) is 18.6 Å². The second-order valence-corrected chi connectivity index (χ2v) is 6.75. The van der Waals surface area contributed by atoms with Gasteiger partial charge in [-0.2, -0.15) is 16.9 Å². The molecule has 0 unspecified atom stereocenters. The van der Waals surface area contributed by atoms with E-state index in [-0.39, 0.29) is 18.6 Å². The van der Waals surface area contributed by atoms with E-state index < -0.39 is 0 Å². The lowest BCUT2D eigenvalue weighted by Gasteiger charge is -2.14. The van der Waals surface area contributed by atoms with Crippen molar-refractivity contribution in [1.82, 2.24) is 15.5 Å². The second-order valence-electron chi connectivity index (χ2n) is 4.93. The van der Waals surface area contributed by atoms with Gasteiger partial charge in [-0.25, -0.2) is 0 Å². The average Bonchev–Trinajstić information content (AvgIpc) is 3.01. The fourth-order valence-corrected chi connectivity index (χ4v) is 3.03. The number of benzene rings is 1. The molecule has 1 aromatic heterocycles. The first-order chi connectivity index (χ1) is 11.0. The first-order valence-corrected chi connectivity index (χ1v) is 9.11. The van der Waals surface area contributed by atoms with Crippen LogP contribution in [0.2, 0.25) is 10.0 Å². The number of aliphatic hydroxyl groups excluding tert-OH is 1. The molecular formula is C15H17Cl2N3O2S. The molecule has 0 aliphatic rings. The lowest BCUT2D eigenvalue weighted by atomic mass is 10.1. The topological polar surface area (TPSA) is 78.0 Å². The molecule has 0 spiro atoms. The Morgan fingerprint density at radius 2 is 2.22 bits per heavy atom. The van der Waals surface area contributed by atoms with Crippen molar-refractivity contribution < 1.29 is 9.90 Å². The lowest BCUT2D eigenvalue weighted by Crippen LogP contribution is -2.38. The van der Waals surface area contributed by atoms with Crippen LogP contribution < -0.4 is 5.32 Å². The normalized spacial score (nSPS) is 12.2. The Balaban J connectivity index is 2.10. The van der Waals surface area contributed by atoms with Crippen molar-refractivity contribution in [3.05, 3.63) is 40.0 Å². The number of aliphatic hydroxyl groups is 1. The number of rotatable bonds is 7. The molecule has 0 aliphatic heterocycles. The predicted octanol–water partition coefficient (Wildman–Crippen LogP) is 3.23. The predicted molar refractivity (Wildman–Crippen MR) is 95.4 cm³/mol. The molecule has 1 atom stereocenters. The van der Waals surface area contributed by atoms with Crippen LogP contribution in [0.1, 0.15) is 16.9 Å². The van der Waals surface area contributed by atoms with E-state index in [4.69, 9.17) is 23.2 Å². The third-order valence-electron chi connectivity index (χ3n) is 3.26. The fraction of sp³-hybridized carbons (Fsp3) is 0.333. The van der Waals surface area contributed by atoms with Crippen LogP contribution in [0, 0.1) is 0 Å². The Morgan fingerprint density at radius 1 is 1.43 bits per heavy atom. The molecule has 0 bridgehead atoms. The van der Waals surface area contributed by atoms with E-state index >= 15 is 0 Å². The molecule has 0 fully saturated rings. The monoisotopic (exact) mass is 373 g/mol. The molecule has 1 amide bonds. The summed E-state index contributed by atoms with van der Waals surface area (Å²) < 4.78 is 0. The summed E-state index contributed by atoms with van der Waals surface area (Å²) in [6.07, 6.45) is 2.68. The molecule has 3 N–H and O–H groups in total. The van der Waals surface area contributed by atoms with Gasteiger partial charge < -0.3 is 10.4 Å². The number of aromatic amines is 1. The molecule has 1 aromatic carbocycles. The standard InChI is InChI=1S/C15H17Cl2N3O2S/c1-23-5-4-10(8-21)18-15(22)14-7-13(19-20-14)11-3-2-9(16)6-12(11)17/h2-3,6-7,10,21H,4-5,8H2,1H3,(H,18,22)(H,19,20)/t10-/m1/s1. The minimum absolute atomic E-state index is 0.101. The van der Waals surface area contributed by atoms with Crippen LogP contribution >= 0.6 is 35.0 Å². The highest BCUT2D eigenvalue weighted by Crippen LogP contribution is 2.29. The van der Waals surface area contributed by atoms with Crippen molar-refractivity contribution >= 4 is 40.9 Å². The van der Waals surface area contributed by atoms with Crippen molar-refractivity contribution in [1.29, 1.82) is 0 Å². The zero-order valence-electron chi connectivity index (χ0n) is 12.5. The van der Waals surface area contributed by atoms with Gasteiger partial charge in [-0.05, 0) is 42.7 Å². The van der Waals surface area contributed by atoms with E-state index in [0.717, 1.165) is 5.75 Å². The van der Waals surface area contributed by atoms with Crippen molar-refractivity contribution in [3.63, 3.8) is 0 Å². The first kappa shape index (κ1) is 18.1. The van der Waals surface area contributed by atoms with E-state index in [1.54, 1.807) is 36.0 Å². The minimum atomic E-state index is -0.311. The molecule has 8 heteroatoms. The Labute approximate surface area is 148 Å². The van der Waals surface area contributed by atoms with E-state index in [9.17, 15) is 9.90 Å². The SMILES string of the molecule is CSCC[C@H](CO)NC(=O)c1cc(-c2ccc(Cl)cc2Cl)n[nH]1. The third-order valence-corrected chi connectivity index (χ3v) is 4.45. The number of halogens is 2. The van der Waals surface area contributed by atoms with Gasteiger partial charge in [0.2, 0.25) is 0 Å². The average molecular weight is 374 g/mol. The minimum Gasteiger partial charge on any atom is -0.394 e. The van der Waals surface area contributed by atoms with Crippen LogP contribution in [0.25, 0.3) is 11.3 Å². The highest BCUT2D eigenvalue weighted by Gasteiger charge is 2.16. The van der Waals surface area contributed by atoms with Gasteiger partial charge in [-0.1, -0.05) is 23.2 Å². The molecule has 5 nitrogen and oxygen atoms in total. The Bertz CT molecular complexity index is 678. The van der Waals surface area contributed by atoms with Gasteiger partial charge in [0.1, 0.15) is 5.69 Å². The summed E-state index contributed by atoms with van der Waals surface area (Å²) in [6.45, 7) is -0.101. The first-order valence-electron chi connectivity index (χ1n) is 6.96. The lowest BCUT2D eigenvalue weighted by molar-refractivity contribution is 0.0910. The van der Waals surface area contributed by atoms with Crippen LogP contribution in [-0.2, 0) is 0 Å².